The van der Waals surface area contributed by atoms with Crippen molar-refractivity contribution in [1.82, 2.24) is 29.8 Å². The molecular formula is C30H38N6O2S. The van der Waals surface area contributed by atoms with E-state index in [0.29, 0.717) is 43.2 Å². The Morgan fingerprint density at radius 3 is 2.67 bits per heavy atom. The number of pyridine rings is 1. The summed E-state index contributed by atoms with van der Waals surface area (Å²) in [6.07, 6.45) is 7.21. The highest BCUT2D eigenvalue weighted by Gasteiger charge is 2.47. The first-order valence-corrected chi connectivity index (χ1v) is 15.2. The van der Waals surface area contributed by atoms with Crippen molar-refractivity contribution in [3.05, 3.63) is 39.7 Å². The summed E-state index contributed by atoms with van der Waals surface area (Å²) in [6, 6.07) is 0.639. The molecule has 4 aromatic heterocycles. The van der Waals surface area contributed by atoms with Crippen LogP contribution in [0.1, 0.15) is 78.5 Å². The molecule has 39 heavy (non-hydrogen) atoms. The first-order chi connectivity index (χ1) is 18.7. The second kappa shape index (κ2) is 9.14. The van der Waals surface area contributed by atoms with Gasteiger partial charge in [-0.05, 0) is 86.5 Å². The van der Waals surface area contributed by atoms with Gasteiger partial charge in [0, 0.05) is 40.7 Å². The fourth-order valence-corrected chi connectivity index (χ4v) is 9.00. The molecule has 3 atom stereocenters. The Morgan fingerprint density at radius 2 is 1.97 bits per heavy atom. The molecule has 0 unspecified atom stereocenters. The van der Waals surface area contributed by atoms with E-state index >= 15 is 0 Å². The normalized spacial score (nSPS) is 26.8. The van der Waals surface area contributed by atoms with Gasteiger partial charge in [0.15, 0.2) is 5.65 Å². The molecule has 2 bridgehead atoms. The Kier molecular flexibility index (Phi) is 5.92. The van der Waals surface area contributed by atoms with Gasteiger partial charge >= 0.3 is 0 Å². The van der Waals surface area contributed by atoms with Crippen LogP contribution in [0.25, 0.3) is 27.1 Å². The molecule has 3 aliphatic rings. The van der Waals surface area contributed by atoms with Gasteiger partial charge in [0.05, 0.1) is 18.3 Å². The van der Waals surface area contributed by atoms with E-state index in [1.54, 1.807) is 6.33 Å². The third kappa shape index (κ3) is 3.96. The summed E-state index contributed by atoms with van der Waals surface area (Å²) in [5, 5.41) is 18.4. The number of hydrogen-bond acceptors (Lipinski definition) is 6. The Balaban J connectivity index is 1.16. The van der Waals surface area contributed by atoms with E-state index in [4.69, 9.17) is 0 Å². The number of amides is 1. The Labute approximate surface area is 232 Å². The number of aryl methyl sites for hydroxylation is 2. The minimum Gasteiger partial charge on any atom is -0.393 e. The molecule has 5 heterocycles. The summed E-state index contributed by atoms with van der Waals surface area (Å²) in [4.78, 5) is 26.1. The van der Waals surface area contributed by atoms with Gasteiger partial charge in [0.2, 0.25) is 5.91 Å². The molecule has 0 radical (unpaired) electrons. The van der Waals surface area contributed by atoms with Crippen molar-refractivity contribution in [3.63, 3.8) is 0 Å². The number of nitrogens with zero attached hydrogens (tertiary/aromatic N) is 4. The van der Waals surface area contributed by atoms with Gasteiger partial charge in [-0.2, -0.15) is 5.10 Å². The fraction of sp³-hybridized carbons (Fsp3) is 0.567. The third-order valence-corrected chi connectivity index (χ3v) is 11.1. The molecule has 4 aromatic rings. The number of piperidine rings is 1. The first kappa shape index (κ1) is 25.2. The minimum atomic E-state index is -0.239. The summed E-state index contributed by atoms with van der Waals surface area (Å²) in [5.41, 5.74) is 8.57. The predicted octanol–water partition coefficient (Wildman–Crippen LogP) is 4.81. The van der Waals surface area contributed by atoms with Gasteiger partial charge < -0.3 is 15.4 Å². The van der Waals surface area contributed by atoms with Gasteiger partial charge in [-0.3, -0.25) is 9.69 Å². The predicted molar refractivity (Wildman–Crippen MR) is 154 cm³/mol. The number of carbonyl (C=O) groups excluding carboxylic acids is 1. The van der Waals surface area contributed by atoms with Crippen molar-refractivity contribution in [3.8, 4) is 11.3 Å². The lowest BCUT2D eigenvalue weighted by Crippen LogP contribution is -2.50. The lowest BCUT2D eigenvalue weighted by atomic mass is 9.88. The molecule has 1 aliphatic heterocycles. The molecule has 1 saturated heterocycles. The average Bonchev–Trinajstić information content (AvgIpc) is 3.67. The summed E-state index contributed by atoms with van der Waals surface area (Å²) >= 11 is 1.95. The number of rotatable bonds is 6. The van der Waals surface area contributed by atoms with Crippen LogP contribution in [-0.2, 0) is 4.79 Å². The number of hydrogen-bond donors (Lipinski definition) is 3. The standard InChI is InChI=1S/C30H38N6O2S/c1-14(2)25-26-17(5)28(22-9-20-6-18(22)10-35(20)12-24(38)33-19-7-21(37)8-19)39-30(26)34-27(25)23-11-36-29(31-13-32-36)16(4)15(23)3/h11,13-14,18-22,34,37H,6-10,12H2,1-5H3,(H,33,38)/t18-,19-,20-,21-,22+/m0/s1. The molecule has 0 spiro atoms. The lowest BCUT2D eigenvalue weighted by molar-refractivity contribution is -0.124. The molecule has 3 fully saturated rings. The van der Waals surface area contributed by atoms with Crippen LogP contribution in [0.5, 0.6) is 0 Å². The van der Waals surface area contributed by atoms with E-state index in [1.165, 1.54) is 55.0 Å². The van der Waals surface area contributed by atoms with Crippen molar-refractivity contribution in [1.29, 1.82) is 0 Å². The number of nitrogens with one attached hydrogen (secondary N) is 2. The maximum absolute atomic E-state index is 12.6. The van der Waals surface area contributed by atoms with Crippen LogP contribution in [0.15, 0.2) is 12.5 Å². The van der Waals surface area contributed by atoms with E-state index < -0.39 is 0 Å². The van der Waals surface area contributed by atoms with Gasteiger partial charge in [0.1, 0.15) is 11.2 Å². The lowest BCUT2D eigenvalue weighted by Gasteiger charge is -2.34. The highest BCUT2D eigenvalue weighted by Crippen LogP contribution is 2.53. The molecule has 206 valence electrons. The van der Waals surface area contributed by atoms with Gasteiger partial charge in [-0.25, -0.2) is 9.50 Å². The highest BCUT2D eigenvalue weighted by atomic mass is 32.1. The molecule has 0 aromatic carbocycles. The maximum Gasteiger partial charge on any atom is 0.234 e. The van der Waals surface area contributed by atoms with Gasteiger partial charge in [0.25, 0.3) is 0 Å². The van der Waals surface area contributed by atoms with Crippen molar-refractivity contribution in [2.75, 3.05) is 13.1 Å². The van der Waals surface area contributed by atoms with Crippen molar-refractivity contribution < 1.29 is 9.90 Å². The van der Waals surface area contributed by atoms with Crippen LogP contribution in [0.2, 0.25) is 0 Å². The summed E-state index contributed by atoms with van der Waals surface area (Å²) in [6.45, 7) is 12.7. The van der Waals surface area contributed by atoms with E-state index in [2.05, 4.69) is 66.1 Å². The van der Waals surface area contributed by atoms with Crippen LogP contribution in [0.4, 0.5) is 0 Å². The number of aromatic nitrogens is 4. The summed E-state index contributed by atoms with van der Waals surface area (Å²) < 4.78 is 1.89. The van der Waals surface area contributed by atoms with Gasteiger partial charge in [-0.1, -0.05) is 13.8 Å². The molecule has 2 aliphatic carbocycles. The fourth-order valence-electron chi connectivity index (χ4n) is 7.57. The quantitative estimate of drug-likeness (QED) is 0.323. The number of aromatic amines is 1. The van der Waals surface area contributed by atoms with E-state index in [0.717, 1.165) is 18.6 Å². The Hall–Kier alpha value is -2.75. The molecule has 7 rings (SSSR count). The Morgan fingerprint density at radius 1 is 1.18 bits per heavy atom. The van der Waals surface area contributed by atoms with Crippen molar-refractivity contribution >= 4 is 33.1 Å². The zero-order chi connectivity index (χ0) is 27.2. The summed E-state index contributed by atoms with van der Waals surface area (Å²) in [5.74, 6) is 1.67. The van der Waals surface area contributed by atoms with Crippen LogP contribution in [0, 0.1) is 26.7 Å². The number of fused-ring (bicyclic) bond motifs is 4. The monoisotopic (exact) mass is 546 g/mol. The SMILES string of the molecule is Cc1c(-c2[nH]c3sc([C@@H]4C[C@@H]5C[C@H]4CN5CC(=O)N[C@H]4C[C@H](O)C4)c(C)c3c2C(C)C)cn2ncnc2c1C. The summed E-state index contributed by atoms with van der Waals surface area (Å²) in [7, 11) is 0. The van der Waals surface area contributed by atoms with E-state index in [-0.39, 0.29) is 18.1 Å². The second-order valence-electron chi connectivity index (χ2n) is 12.5. The van der Waals surface area contributed by atoms with E-state index in [9.17, 15) is 9.90 Å². The van der Waals surface area contributed by atoms with Crippen molar-refractivity contribution in [2.24, 2.45) is 5.92 Å². The van der Waals surface area contributed by atoms with Crippen molar-refractivity contribution in [2.45, 2.75) is 90.3 Å². The molecular weight excluding hydrogens is 508 g/mol. The van der Waals surface area contributed by atoms with Crippen LogP contribution in [-0.4, -0.2) is 66.8 Å². The number of aliphatic hydroxyl groups excluding tert-OH is 1. The van der Waals surface area contributed by atoms with Gasteiger partial charge in [-0.15, -0.1) is 11.3 Å². The first-order valence-electron chi connectivity index (χ1n) is 14.4. The largest absolute Gasteiger partial charge is 0.393 e. The Bertz CT molecular complexity index is 1590. The molecule has 1 amide bonds. The van der Waals surface area contributed by atoms with E-state index in [1.807, 2.05) is 15.9 Å². The average molecular weight is 547 g/mol. The second-order valence-corrected chi connectivity index (χ2v) is 13.5. The maximum atomic E-state index is 12.6. The number of likely N-dealkylation sites (tertiary alicyclic amines) is 1. The third-order valence-electron chi connectivity index (χ3n) is 9.75. The van der Waals surface area contributed by atoms with Crippen LogP contribution >= 0.6 is 11.3 Å². The smallest absolute Gasteiger partial charge is 0.234 e. The zero-order valence-electron chi connectivity index (χ0n) is 23.4. The molecule has 2 saturated carbocycles. The minimum absolute atomic E-state index is 0.111. The molecule has 3 N–H and O–H groups in total. The number of thiophene rings is 1. The molecule has 8 nitrogen and oxygen atoms in total. The number of H-pyrrole nitrogens is 1. The van der Waals surface area contributed by atoms with Crippen LogP contribution in [0.3, 0.4) is 0 Å². The topological polar surface area (TPSA) is 98.5 Å². The number of carbonyl (C=O) groups is 1. The molecule has 9 heteroatoms. The highest BCUT2D eigenvalue weighted by molar-refractivity contribution is 7.19. The van der Waals surface area contributed by atoms with Crippen LogP contribution < -0.4 is 5.32 Å². The zero-order valence-corrected chi connectivity index (χ0v) is 24.2. The number of aliphatic hydroxyl groups is 1.